The molecule has 0 unspecified atom stereocenters. The maximum Gasteiger partial charge on any atom is 0.328 e. The van der Waals surface area contributed by atoms with E-state index >= 15 is 0 Å². The topological polar surface area (TPSA) is 111 Å². The van der Waals surface area contributed by atoms with Crippen LogP contribution in [0.1, 0.15) is 0 Å². The maximum atomic E-state index is 12.3. The number of rotatable bonds is 4. The highest BCUT2D eigenvalue weighted by Gasteiger charge is 2.35. The van der Waals surface area contributed by atoms with Crippen molar-refractivity contribution in [2.24, 2.45) is 0 Å². The SMILES string of the molecule is CN1CCN(C(=O)N2CC(Oc3cccc(Br)c3)C2)CC1.O=C(O)/C=C/C(=O)O. The third-order valence-electron chi connectivity index (χ3n) is 4.36. The average molecular weight is 470 g/mol. The molecule has 2 amide bonds. The number of likely N-dealkylation sites (N-methyl/N-ethyl adjacent to an activating group) is 1. The Labute approximate surface area is 177 Å². The number of nitrogens with zero attached hydrogens (tertiary/aromatic N) is 3. The molecule has 0 aromatic heterocycles. The first kappa shape index (κ1) is 22.7. The summed E-state index contributed by atoms with van der Waals surface area (Å²) in [7, 11) is 2.09. The minimum Gasteiger partial charge on any atom is -0.487 e. The normalized spacial score (nSPS) is 17.3. The van der Waals surface area contributed by atoms with Gasteiger partial charge in [0.2, 0.25) is 0 Å². The lowest BCUT2D eigenvalue weighted by molar-refractivity contribution is -0.134. The Morgan fingerprint density at radius 3 is 2.14 bits per heavy atom. The number of likely N-dealkylation sites (tertiary alicyclic amines) is 1. The van der Waals surface area contributed by atoms with E-state index < -0.39 is 11.9 Å². The van der Waals surface area contributed by atoms with Gasteiger partial charge in [-0.3, -0.25) is 0 Å². The highest BCUT2D eigenvalue weighted by atomic mass is 79.9. The molecule has 0 radical (unpaired) electrons. The molecule has 2 fully saturated rings. The van der Waals surface area contributed by atoms with Crippen molar-refractivity contribution < 1.29 is 29.3 Å². The molecule has 10 heteroatoms. The molecule has 3 rings (SSSR count). The molecule has 0 atom stereocenters. The number of benzene rings is 1. The van der Waals surface area contributed by atoms with E-state index in [0.29, 0.717) is 25.2 Å². The van der Waals surface area contributed by atoms with Gasteiger partial charge in [0, 0.05) is 42.8 Å². The number of carbonyl (C=O) groups excluding carboxylic acids is 1. The minimum atomic E-state index is -1.26. The lowest BCUT2D eigenvalue weighted by atomic mass is 10.1. The molecule has 0 spiro atoms. The highest BCUT2D eigenvalue weighted by Crippen LogP contribution is 2.22. The summed E-state index contributed by atoms with van der Waals surface area (Å²) in [5, 5.41) is 15.6. The van der Waals surface area contributed by atoms with Crippen LogP contribution in [0.15, 0.2) is 40.9 Å². The maximum absolute atomic E-state index is 12.3. The molecule has 0 bridgehead atoms. The number of piperazine rings is 1. The van der Waals surface area contributed by atoms with Crippen molar-refractivity contribution in [2.45, 2.75) is 6.10 Å². The summed E-state index contributed by atoms with van der Waals surface area (Å²) >= 11 is 3.43. The number of carboxylic acids is 2. The quantitative estimate of drug-likeness (QED) is 0.644. The second kappa shape index (κ2) is 10.8. The second-order valence-electron chi connectivity index (χ2n) is 6.68. The van der Waals surface area contributed by atoms with Crippen molar-refractivity contribution in [2.75, 3.05) is 46.3 Å². The fourth-order valence-electron chi connectivity index (χ4n) is 2.74. The number of urea groups is 1. The van der Waals surface area contributed by atoms with E-state index in [2.05, 4.69) is 27.9 Å². The van der Waals surface area contributed by atoms with Gasteiger partial charge >= 0.3 is 18.0 Å². The van der Waals surface area contributed by atoms with Gasteiger partial charge in [-0.15, -0.1) is 0 Å². The van der Waals surface area contributed by atoms with Crippen LogP contribution >= 0.6 is 15.9 Å². The van der Waals surface area contributed by atoms with Crippen molar-refractivity contribution >= 4 is 33.9 Å². The summed E-state index contributed by atoms with van der Waals surface area (Å²) < 4.78 is 6.87. The van der Waals surface area contributed by atoms with Gasteiger partial charge in [-0.1, -0.05) is 22.0 Å². The van der Waals surface area contributed by atoms with Crippen molar-refractivity contribution in [1.82, 2.24) is 14.7 Å². The van der Waals surface area contributed by atoms with Crippen LogP contribution < -0.4 is 4.74 Å². The van der Waals surface area contributed by atoms with Gasteiger partial charge in [0.1, 0.15) is 11.9 Å². The number of hydrogen-bond donors (Lipinski definition) is 2. The van der Waals surface area contributed by atoms with Gasteiger partial charge in [-0.2, -0.15) is 0 Å². The van der Waals surface area contributed by atoms with Crippen LogP contribution in [0.2, 0.25) is 0 Å². The molecule has 0 aliphatic carbocycles. The molecule has 29 heavy (non-hydrogen) atoms. The van der Waals surface area contributed by atoms with E-state index in [1.54, 1.807) is 0 Å². The third kappa shape index (κ3) is 7.74. The Hall–Kier alpha value is -2.59. The van der Waals surface area contributed by atoms with Crippen molar-refractivity contribution in [1.29, 1.82) is 0 Å². The monoisotopic (exact) mass is 469 g/mol. The van der Waals surface area contributed by atoms with Gasteiger partial charge in [0.15, 0.2) is 0 Å². The predicted molar refractivity (Wildman–Crippen MR) is 109 cm³/mol. The summed E-state index contributed by atoms with van der Waals surface area (Å²) in [5.41, 5.74) is 0. The number of halogens is 1. The van der Waals surface area contributed by atoms with Gasteiger partial charge in [0.25, 0.3) is 0 Å². The van der Waals surface area contributed by atoms with Crippen LogP contribution in [0.3, 0.4) is 0 Å². The van der Waals surface area contributed by atoms with Gasteiger partial charge < -0.3 is 29.6 Å². The first-order valence-electron chi connectivity index (χ1n) is 9.03. The van der Waals surface area contributed by atoms with E-state index in [0.717, 1.165) is 36.4 Å². The lowest BCUT2D eigenvalue weighted by Crippen LogP contribution is -2.61. The molecule has 9 nitrogen and oxygen atoms in total. The summed E-state index contributed by atoms with van der Waals surface area (Å²) in [5.74, 6) is -1.67. The van der Waals surface area contributed by atoms with Gasteiger partial charge in [-0.25, -0.2) is 14.4 Å². The molecule has 0 saturated carbocycles. The highest BCUT2D eigenvalue weighted by molar-refractivity contribution is 9.10. The molecule has 1 aromatic carbocycles. The number of aliphatic carboxylic acids is 2. The fraction of sp³-hybridized carbons (Fsp3) is 0.421. The van der Waals surface area contributed by atoms with Crippen LogP contribution in [0, 0.1) is 0 Å². The second-order valence-corrected chi connectivity index (χ2v) is 7.60. The van der Waals surface area contributed by atoms with Crippen LogP contribution in [-0.4, -0.2) is 95.3 Å². The lowest BCUT2D eigenvalue weighted by Gasteiger charge is -2.43. The molecular formula is C19H24BrN3O6. The van der Waals surface area contributed by atoms with Crippen LogP contribution in [0.25, 0.3) is 0 Å². The molecule has 2 N–H and O–H groups in total. The third-order valence-corrected chi connectivity index (χ3v) is 4.85. The molecular weight excluding hydrogens is 446 g/mol. The fourth-order valence-corrected chi connectivity index (χ4v) is 3.12. The molecule has 158 valence electrons. The van der Waals surface area contributed by atoms with E-state index in [1.165, 1.54) is 0 Å². The number of amides is 2. The molecule has 2 aliphatic heterocycles. The van der Waals surface area contributed by atoms with Crippen LogP contribution in [0.4, 0.5) is 4.79 Å². The Morgan fingerprint density at radius 2 is 1.62 bits per heavy atom. The van der Waals surface area contributed by atoms with Crippen molar-refractivity contribution in [3.05, 3.63) is 40.9 Å². The van der Waals surface area contributed by atoms with E-state index in [9.17, 15) is 14.4 Å². The predicted octanol–water partition coefficient (Wildman–Crippen LogP) is 1.59. The summed E-state index contributed by atoms with van der Waals surface area (Å²) in [6, 6.07) is 7.96. The van der Waals surface area contributed by atoms with Crippen molar-refractivity contribution in [3.8, 4) is 5.75 Å². The Balaban J connectivity index is 0.000000321. The minimum absolute atomic E-state index is 0.107. The van der Waals surface area contributed by atoms with E-state index in [4.69, 9.17) is 14.9 Å². The number of hydrogen-bond acceptors (Lipinski definition) is 5. The average Bonchev–Trinajstić information content (AvgIpc) is 2.63. The molecule has 1 aromatic rings. The van der Waals surface area contributed by atoms with Crippen LogP contribution in [-0.2, 0) is 9.59 Å². The molecule has 2 heterocycles. The Morgan fingerprint density at radius 1 is 1.03 bits per heavy atom. The Bertz CT molecular complexity index is 742. The number of carboxylic acid groups (broad SMARTS) is 2. The molecule has 2 saturated heterocycles. The van der Waals surface area contributed by atoms with E-state index in [1.807, 2.05) is 34.1 Å². The standard InChI is InChI=1S/C15H20BrN3O2.C4H4O4/c1-17-5-7-18(8-6-17)15(20)19-10-14(11-19)21-13-4-2-3-12(16)9-13;5-3(6)1-2-4(7)8/h2-4,9,14H,5-8,10-11H2,1H3;1-2H,(H,5,6)(H,7,8)/b;2-1+. The van der Waals surface area contributed by atoms with Crippen molar-refractivity contribution in [3.63, 3.8) is 0 Å². The van der Waals surface area contributed by atoms with Gasteiger partial charge in [0.05, 0.1) is 13.1 Å². The smallest absolute Gasteiger partial charge is 0.328 e. The zero-order chi connectivity index (χ0) is 21.4. The van der Waals surface area contributed by atoms with Gasteiger partial charge in [-0.05, 0) is 25.2 Å². The van der Waals surface area contributed by atoms with E-state index in [-0.39, 0.29) is 12.1 Å². The largest absolute Gasteiger partial charge is 0.487 e. The summed E-state index contributed by atoms with van der Waals surface area (Å²) in [4.78, 5) is 37.5. The first-order valence-corrected chi connectivity index (χ1v) is 9.82. The zero-order valence-electron chi connectivity index (χ0n) is 16.0. The zero-order valence-corrected chi connectivity index (χ0v) is 17.6. The Kier molecular flexibility index (Phi) is 8.47. The summed E-state index contributed by atoms with van der Waals surface area (Å²) in [6.45, 7) is 4.91. The number of ether oxygens (including phenoxy) is 1. The first-order chi connectivity index (χ1) is 13.7. The molecule has 2 aliphatic rings. The van der Waals surface area contributed by atoms with Crippen LogP contribution in [0.5, 0.6) is 5.75 Å². The number of carbonyl (C=O) groups is 3. The summed E-state index contributed by atoms with van der Waals surface area (Å²) in [6.07, 6.45) is 1.22.